The van der Waals surface area contributed by atoms with Gasteiger partial charge in [0.15, 0.2) is 11.6 Å². The second kappa shape index (κ2) is 5.40. The zero-order valence-electron chi connectivity index (χ0n) is 11.4. The van der Waals surface area contributed by atoms with Crippen LogP contribution < -0.4 is 10.5 Å². The van der Waals surface area contributed by atoms with Crippen molar-refractivity contribution < 1.29 is 9.13 Å². The Morgan fingerprint density at radius 1 is 1.42 bits per heavy atom. The standard InChI is InChI=1S/C14H18FN3O/c1-4-19-13-6-5-10(7-11(13)15)14-12(8-16)17-9(2)18(14)3/h5-7H,4,8,16H2,1-3H3. The number of imidazole rings is 1. The van der Waals surface area contributed by atoms with Crippen LogP contribution in [0, 0.1) is 12.7 Å². The van der Waals surface area contributed by atoms with Gasteiger partial charge in [0.1, 0.15) is 5.82 Å². The normalized spacial score (nSPS) is 10.8. The summed E-state index contributed by atoms with van der Waals surface area (Å²) in [4.78, 5) is 4.38. The average molecular weight is 263 g/mol. The van der Waals surface area contributed by atoms with Crippen molar-refractivity contribution in [2.24, 2.45) is 12.8 Å². The van der Waals surface area contributed by atoms with E-state index >= 15 is 0 Å². The molecule has 0 amide bonds. The third-order valence-corrected chi connectivity index (χ3v) is 3.09. The Kier molecular flexibility index (Phi) is 3.85. The predicted octanol–water partition coefficient (Wildman–Crippen LogP) is 2.39. The van der Waals surface area contributed by atoms with Crippen molar-refractivity contribution in [1.29, 1.82) is 0 Å². The first-order valence-electron chi connectivity index (χ1n) is 6.23. The summed E-state index contributed by atoms with van der Waals surface area (Å²) in [5.74, 6) is 0.741. The Hall–Kier alpha value is -1.88. The van der Waals surface area contributed by atoms with Gasteiger partial charge in [0, 0.05) is 19.2 Å². The lowest BCUT2D eigenvalue weighted by Crippen LogP contribution is -2.01. The average Bonchev–Trinajstić information content (AvgIpc) is 2.68. The lowest BCUT2D eigenvalue weighted by atomic mass is 10.1. The van der Waals surface area contributed by atoms with E-state index in [-0.39, 0.29) is 11.6 Å². The molecule has 0 bridgehead atoms. The first kappa shape index (κ1) is 13.5. The molecule has 0 aliphatic carbocycles. The number of rotatable bonds is 4. The third-order valence-electron chi connectivity index (χ3n) is 3.09. The molecule has 0 atom stereocenters. The zero-order chi connectivity index (χ0) is 14.0. The van der Waals surface area contributed by atoms with Gasteiger partial charge < -0.3 is 15.0 Å². The first-order chi connectivity index (χ1) is 9.08. The van der Waals surface area contributed by atoms with E-state index in [1.54, 1.807) is 6.07 Å². The van der Waals surface area contributed by atoms with E-state index in [9.17, 15) is 4.39 Å². The number of aryl methyl sites for hydroxylation is 1. The maximum atomic E-state index is 13.9. The summed E-state index contributed by atoms with van der Waals surface area (Å²) in [6.45, 7) is 4.49. The van der Waals surface area contributed by atoms with Gasteiger partial charge in [-0.1, -0.05) is 0 Å². The Labute approximate surface area is 112 Å². The third kappa shape index (κ3) is 2.46. The molecule has 0 saturated heterocycles. The Morgan fingerprint density at radius 3 is 2.74 bits per heavy atom. The summed E-state index contributed by atoms with van der Waals surface area (Å²) < 4.78 is 21.0. The first-order valence-corrected chi connectivity index (χ1v) is 6.23. The van der Waals surface area contributed by atoms with Crippen molar-refractivity contribution in [3.05, 3.63) is 35.5 Å². The van der Waals surface area contributed by atoms with Crippen molar-refractivity contribution in [2.75, 3.05) is 6.61 Å². The number of hydrogen-bond donors (Lipinski definition) is 1. The topological polar surface area (TPSA) is 53.1 Å². The minimum absolute atomic E-state index is 0.263. The van der Waals surface area contributed by atoms with E-state index in [1.165, 1.54) is 6.07 Å². The second-order valence-electron chi connectivity index (χ2n) is 4.30. The summed E-state index contributed by atoms with van der Waals surface area (Å²) in [5.41, 5.74) is 8.06. The van der Waals surface area contributed by atoms with Gasteiger partial charge in [-0.2, -0.15) is 0 Å². The summed E-state index contributed by atoms with van der Waals surface area (Å²) in [6.07, 6.45) is 0. The lowest BCUT2D eigenvalue weighted by Gasteiger charge is -2.09. The molecule has 0 saturated carbocycles. The van der Waals surface area contributed by atoms with Crippen LogP contribution in [0.4, 0.5) is 4.39 Å². The minimum Gasteiger partial charge on any atom is -0.491 e. The van der Waals surface area contributed by atoms with Crippen LogP contribution in [0.3, 0.4) is 0 Å². The molecule has 2 rings (SSSR count). The molecule has 0 aliphatic rings. The maximum Gasteiger partial charge on any atom is 0.165 e. The minimum atomic E-state index is -0.374. The fourth-order valence-electron chi connectivity index (χ4n) is 2.10. The van der Waals surface area contributed by atoms with E-state index in [0.29, 0.717) is 13.2 Å². The van der Waals surface area contributed by atoms with Crippen molar-refractivity contribution in [1.82, 2.24) is 9.55 Å². The number of nitrogens with two attached hydrogens (primary N) is 1. The van der Waals surface area contributed by atoms with Gasteiger partial charge in [0.05, 0.1) is 18.0 Å². The molecule has 2 N–H and O–H groups in total. The van der Waals surface area contributed by atoms with Gasteiger partial charge in [-0.05, 0) is 32.0 Å². The van der Waals surface area contributed by atoms with E-state index < -0.39 is 0 Å². The molecular formula is C14H18FN3O. The SMILES string of the molecule is CCOc1ccc(-c2c(CN)nc(C)n2C)cc1F. The highest BCUT2D eigenvalue weighted by Gasteiger charge is 2.15. The number of hydrogen-bond acceptors (Lipinski definition) is 3. The van der Waals surface area contributed by atoms with Crippen LogP contribution in [-0.2, 0) is 13.6 Å². The van der Waals surface area contributed by atoms with Crippen LogP contribution in [0.5, 0.6) is 5.75 Å². The molecule has 19 heavy (non-hydrogen) atoms. The number of ether oxygens (including phenoxy) is 1. The van der Waals surface area contributed by atoms with Crippen LogP contribution >= 0.6 is 0 Å². The molecule has 4 nitrogen and oxygen atoms in total. The zero-order valence-corrected chi connectivity index (χ0v) is 11.4. The molecule has 0 fully saturated rings. The lowest BCUT2D eigenvalue weighted by molar-refractivity contribution is 0.321. The highest BCUT2D eigenvalue weighted by atomic mass is 19.1. The largest absolute Gasteiger partial charge is 0.491 e. The highest BCUT2D eigenvalue weighted by Crippen LogP contribution is 2.28. The molecular weight excluding hydrogens is 245 g/mol. The predicted molar refractivity (Wildman–Crippen MR) is 72.4 cm³/mol. The number of aromatic nitrogens is 2. The molecule has 0 radical (unpaired) electrons. The van der Waals surface area contributed by atoms with Crippen LogP contribution in [0.2, 0.25) is 0 Å². The summed E-state index contributed by atoms with van der Waals surface area (Å²) in [5, 5.41) is 0. The fourth-order valence-corrected chi connectivity index (χ4v) is 2.10. The smallest absolute Gasteiger partial charge is 0.165 e. The summed E-state index contributed by atoms with van der Waals surface area (Å²) >= 11 is 0. The van der Waals surface area contributed by atoms with E-state index in [1.807, 2.05) is 31.5 Å². The molecule has 1 aromatic heterocycles. The monoisotopic (exact) mass is 263 g/mol. The van der Waals surface area contributed by atoms with Crippen molar-refractivity contribution in [3.8, 4) is 17.0 Å². The maximum absolute atomic E-state index is 13.9. The van der Waals surface area contributed by atoms with Crippen LogP contribution in [0.1, 0.15) is 18.4 Å². The van der Waals surface area contributed by atoms with E-state index in [4.69, 9.17) is 10.5 Å². The number of halogens is 1. The number of benzene rings is 1. The molecule has 0 unspecified atom stereocenters. The van der Waals surface area contributed by atoms with Crippen molar-refractivity contribution in [2.45, 2.75) is 20.4 Å². The fraction of sp³-hybridized carbons (Fsp3) is 0.357. The van der Waals surface area contributed by atoms with Gasteiger partial charge in [0.25, 0.3) is 0 Å². The van der Waals surface area contributed by atoms with Crippen LogP contribution in [-0.4, -0.2) is 16.2 Å². The molecule has 1 heterocycles. The Balaban J connectivity index is 2.50. The number of nitrogens with zero attached hydrogens (tertiary/aromatic N) is 2. The van der Waals surface area contributed by atoms with Crippen molar-refractivity contribution >= 4 is 0 Å². The summed E-state index contributed by atoms with van der Waals surface area (Å²) in [6, 6.07) is 4.92. The van der Waals surface area contributed by atoms with Gasteiger partial charge in [0.2, 0.25) is 0 Å². The molecule has 102 valence electrons. The molecule has 2 aromatic rings. The second-order valence-corrected chi connectivity index (χ2v) is 4.30. The molecule has 0 spiro atoms. The Morgan fingerprint density at radius 2 is 2.16 bits per heavy atom. The van der Waals surface area contributed by atoms with Gasteiger partial charge in [-0.15, -0.1) is 0 Å². The van der Waals surface area contributed by atoms with E-state index in [0.717, 1.165) is 22.8 Å². The van der Waals surface area contributed by atoms with Crippen LogP contribution in [0.25, 0.3) is 11.3 Å². The molecule has 5 heteroatoms. The van der Waals surface area contributed by atoms with Gasteiger partial charge in [-0.25, -0.2) is 9.37 Å². The van der Waals surface area contributed by atoms with Gasteiger partial charge in [-0.3, -0.25) is 0 Å². The molecule has 1 aromatic carbocycles. The molecule has 0 aliphatic heterocycles. The highest BCUT2D eigenvalue weighted by molar-refractivity contribution is 5.64. The van der Waals surface area contributed by atoms with Crippen LogP contribution in [0.15, 0.2) is 18.2 Å². The summed E-state index contributed by atoms with van der Waals surface area (Å²) in [7, 11) is 1.89. The van der Waals surface area contributed by atoms with E-state index in [2.05, 4.69) is 4.98 Å². The van der Waals surface area contributed by atoms with Gasteiger partial charge >= 0.3 is 0 Å². The van der Waals surface area contributed by atoms with Crippen molar-refractivity contribution in [3.63, 3.8) is 0 Å². The Bertz CT molecular complexity index is 593. The quantitative estimate of drug-likeness (QED) is 0.921.